The zero-order valence-corrected chi connectivity index (χ0v) is 13.6. The van der Waals surface area contributed by atoms with Crippen molar-refractivity contribution in [3.8, 4) is 5.69 Å². The molecule has 0 unspecified atom stereocenters. The van der Waals surface area contributed by atoms with Crippen LogP contribution in [0.5, 0.6) is 0 Å². The Hall–Kier alpha value is -1.90. The number of aromatic nitrogens is 4. The van der Waals surface area contributed by atoms with Crippen LogP contribution < -0.4 is 0 Å². The molecule has 2 aliphatic rings. The van der Waals surface area contributed by atoms with Crippen molar-refractivity contribution in [2.75, 3.05) is 6.61 Å². The molecule has 2 fully saturated rings. The largest absolute Gasteiger partial charge is 0.343 e. The van der Waals surface area contributed by atoms with Crippen LogP contribution in [-0.4, -0.2) is 44.6 Å². The Bertz CT molecular complexity index is 843. The molecule has 120 valence electrons. The van der Waals surface area contributed by atoms with Gasteiger partial charge in [0, 0.05) is 6.42 Å². The van der Waals surface area contributed by atoms with E-state index in [0.717, 1.165) is 11.3 Å². The lowest BCUT2D eigenvalue weighted by Crippen LogP contribution is -2.37. The van der Waals surface area contributed by atoms with Gasteiger partial charge in [-0.1, -0.05) is 6.07 Å². The second kappa shape index (κ2) is 5.33. The summed E-state index contributed by atoms with van der Waals surface area (Å²) in [7, 11) is 0. The predicted molar refractivity (Wildman–Crippen MR) is 82.9 cm³/mol. The molecule has 7 nitrogen and oxygen atoms in total. The maximum absolute atomic E-state index is 12.0. The van der Waals surface area contributed by atoms with E-state index in [2.05, 4.69) is 17.4 Å². The lowest BCUT2D eigenvalue weighted by molar-refractivity contribution is -0.156. The van der Waals surface area contributed by atoms with Gasteiger partial charge >= 0.3 is 0 Å². The number of aryl methyl sites for hydroxylation is 2. The predicted octanol–water partition coefficient (Wildman–Crippen LogP) is 1.67. The van der Waals surface area contributed by atoms with E-state index in [9.17, 15) is 4.79 Å². The summed E-state index contributed by atoms with van der Waals surface area (Å²) in [6.07, 6.45) is -0.635. The van der Waals surface area contributed by atoms with Gasteiger partial charge in [-0.2, -0.15) is 4.68 Å². The molecular weight excluding hydrogens is 316 g/mol. The summed E-state index contributed by atoms with van der Waals surface area (Å²) < 4.78 is 14.5. The van der Waals surface area contributed by atoms with E-state index >= 15 is 0 Å². The summed E-state index contributed by atoms with van der Waals surface area (Å²) >= 11 is 5.51. The molecule has 0 amide bonds. The van der Waals surface area contributed by atoms with E-state index in [1.54, 1.807) is 9.36 Å². The lowest BCUT2D eigenvalue weighted by Gasteiger charge is -2.25. The third-order valence-electron chi connectivity index (χ3n) is 4.46. The molecule has 2 aliphatic heterocycles. The molecule has 1 aromatic carbocycles. The highest BCUT2D eigenvalue weighted by molar-refractivity contribution is 7.71. The molecule has 0 radical (unpaired) electrons. The zero-order chi connectivity index (χ0) is 16.1. The molecule has 0 N–H and O–H groups in total. The van der Waals surface area contributed by atoms with Crippen LogP contribution in [0.4, 0.5) is 0 Å². The fourth-order valence-corrected chi connectivity index (χ4v) is 3.27. The molecular formula is C15H16N4O3S. The number of carbonyl (C=O) groups is 1. The Kier molecular flexibility index (Phi) is 3.40. The fourth-order valence-electron chi connectivity index (χ4n) is 2.95. The summed E-state index contributed by atoms with van der Waals surface area (Å²) in [4.78, 5) is 12.0. The Labute approximate surface area is 137 Å². The van der Waals surface area contributed by atoms with Crippen molar-refractivity contribution in [2.24, 2.45) is 0 Å². The average Bonchev–Trinajstić information content (AvgIpc) is 3.12. The topological polar surface area (TPSA) is 71.2 Å². The molecule has 0 spiro atoms. The van der Waals surface area contributed by atoms with Crippen LogP contribution in [0.3, 0.4) is 0 Å². The van der Waals surface area contributed by atoms with Crippen molar-refractivity contribution in [1.29, 1.82) is 0 Å². The van der Waals surface area contributed by atoms with Gasteiger partial charge < -0.3 is 9.47 Å². The average molecular weight is 332 g/mol. The maximum Gasteiger partial charge on any atom is 0.221 e. The molecule has 2 saturated heterocycles. The summed E-state index contributed by atoms with van der Waals surface area (Å²) in [6.45, 7) is 4.46. The molecule has 3 heterocycles. The first kappa shape index (κ1) is 14.7. The van der Waals surface area contributed by atoms with Gasteiger partial charge in [-0.3, -0.25) is 4.79 Å². The second-order valence-electron chi connectivity index (χ2n) is 5.96. The second-order valence-corrected chi connectivity index (χ2v) is 6.33. The monoisotopic (exact) mass is 332 g/mol. The number of Topliss-reactive ketones (excluding diaryl/α,β-unsaturated/α-hetero) is 1. The van der Waals surface area contributed by atoms with Crippen LogP contribution >= 0.6 is 12.2 Å². The first-order valence-corrected chi connectivity index (χ1v) is 7.87. The van der Waals surface area contributed by atoms with E-state index in [1.807, 2.05) is 25.1 Å². The van der Waals surface area contributed by atoms with Crippen LogP contribution in [-0.2, 0) is 14.3 Å². The van der Waals surface area contributed by atoms with Crippen LogP contribution in [0.15, 0.2) is 18.2 Å². The minimum absolute atomic E-state index is 0.0774. The van der Waals surface area contributed by atoms with Gasteiger partial charge in [-0.05, 0) is 59.8 Å². The number of hydrogen-bond acceptors (Lipinski definition) is 6. The number of rotatable bonds is 2. The summed E-state index contributed by atoms with van der Waals surface area (Å²) in [6, 6.07) is 5.72. The molecule has 8 heteroatoms. The number of fused-ring (bicyclic) bond motifs is 2. The molecule has 0 saturated carbocycles. The summed E-state index contributed by atoms with van der Waals surface area (Å²) in [5.74, 6) is -0.0774. The third-order valence-corrected chi connectivity index (χ3v) is 4.82. The summed E-state index contributed by atoms with van der Waals surface area (Å²) in [5.41, 5.74) is 3.21. The smallest absolute Gasteiger partial charge is 0.221 e. The van der Waals surface area contributed by atoms with Gasteiger partial charge in [0.1, 0.15) is 6.10 Å². The van der Waals surface area contributed by atoms with E-state index in [-0.39, 0.29) is 17.9 Å². The minimum atomic E-state index is -0.722. The number of hydrogen-bond donors (Lipinski definition) is 0. The fraction of sp³-hybridized carbons (Fsp3) is 0.467. The number of ether oxygens (including phenoxy) is 2. The first-order valence-electron chi connectivity index (χ1n) is 7.46. The molecule has 3 atom stereocenters. The Balaban J connectivity index is 1.72. The number of tetrazole rings is 1. The molecule has 0 aliphatic carbocycles. The van der Waals surface area contributed by atoms with E-state index in [1.165, 1.54) is 5.56 Å². The highest BCUT2D eigenvalue weighted by atomic mass is 32.1. The van der Waals surface area contributed by atoms with E-state index in [4.69, 9.17) is 21.7 Å². The SMILES string of the molecule is Cc1ccc(-n2nnn([C@H]3CC(=O)[C@H]4OC[C@@H]3O4)c2=S)cc1C. The number of ketones is 1. The first-order chi connectivity index (χ1) is 11.0. The zero-order valence-electron chi connectivity index (χ0n) is 12.8. The van der Waals surface area contributed by atoms with Crippen LogP contribution in [0.25, 0.3) is 5.69 Å². The van der Waals surface area contributed by atoms with Gasteiger partial charge in [-0.15, -0.1) is 0 Å². The van der Waals surface area contributed by atoms with Crippen LogP contribution in [0, 0.1) is 18.6 Å². The van der Waals surface area contributed by atoms with Gasteiger partial charge in [0.15, 0.2) is 5.78 Å². The van der Waals surface area contributed by atoms with Crippen molar-refractivity contribution in [1.82, 2.24) is 19.8 Å². The molecule has 1 aromatic heterocycles. The number of carbonyl (C=O) groups excluding carboxylic acids is 1. The molecule has 4 rings (SSSR count). The minimum Gasteiger partial charge on any atom is -0.343 e. The number of benzene rings is 1. The van der Waals surface area contributed by atoms with Crippen molar-refractivity contribution >= 4 is 18.0 Å². The van der Waals surface area contributed by atoms with Crippen LogP contribution in [0.1, 0.15) is 23.6 Å². The van der Waals surface area contributed by atoms with Gasteiger partial charge in [0.05, 0.1) is 18.3 Å². The lowest BCUT2D eigenvalue weighted by atomic mass is 10.0. The molecule has 23 heavy (non-hydrogen) atoms. The molecule has 2 aromatic rings. The Morgan fingerprint density at radius 1 is 1.26 bits per heavy atom. The molecule has 2 bridgehead atoms. The van der Waals surface area contributed by atoms with Crippen molar-refractivity contribution < 1.29 is 14.3 Å². The highest BCUT2D eigenvalue weighted by Gasteiger charge is 2.45. The normalized spacial score (nSPS) is 26.7. The number of nitrogens with zero attached hydrogens (tertiary/aromatic N) is 4. The van der Waals surface area contributed by atoms with E-state index < -0.39 is 6.29 Å². The van der Waals surface area contributed by atoms with Gasteiger partial charge in [-0.25, -0.2) is 4.68 Å². The highest BCUT2D eigenvalue weighted by Crippen LogP contribution is 2.32. The summed E-state index contributed by atoms with van der Waals surface area (Å²) in [5, 5.41) is 8.31. The van der Waals surface area contributed by atoms with Gasteiger partial charge in [0.25, 0.3) is 0 Å². The van der Waals surface area contributed by atoms with Crippen molar-refractivity contribution in [3.63, 3.8) is 0 Å². The van der Waals surface area contributed by atoms with Crippen molar-refractivity contribution in [3.05, 3.63) is 34.1 Å². The Morgan fingerprint density at radius 2 is 2.09 bits per heavy atom. The maximum atomic E-state index is 12.0. The third kappa shape index (κ3) is 2.34. The van der Waals surface area contributed by atoms with Gasteiger partial charge in [0.2, 0.25) is 11.1 Å². The Morgan fingerprint density at radius 3 is 2.87 bits per heavy atom. The standard InChI is InChI=1S/C15H16N4O3S/c1-8-3-4-10(5-9(8)2)18-15(23)19(17-16-18)11-6-12(20)14-21-7-13(11)22-14/h3-5,11,13-14H,6-7H2,1-2H3/t11-,13-,14-/m0/s1. The quantitative estimate of drug-likeness (QED) is 0.779. The van der Waals surface area contributed by atoms with Crippen molar-refractivity contribution in [2.45, 2.75) is 38.7 Å². The van der Waals surface area contributed by atoms with E-state index in [0.29, 0.717) is 17.8 Å². The van der Waals surface area contributed by atoms with Crippen LogP contribution in [0.2, 0.25) is 0 Å².